The molecule has 2 amide bonds. The maximum Gasteiger partial charge on any atom is 0.255 e. The topological polar surface area (TPSA) is 61.4 Å². The second-order valence-electron chi connectivity index (χ2n) is 5.96. The second kappa shape index (κ2) is 9.25. The molecule has 0 saturated carbocycles. The minimum atomic E-state index is -0.289. The zero-order valence-corrected chi connectivity index (χ0v) is 16.1. The number of rotatable bonds is 7. The molecule has 0 fully saturated rings. The summed E-state index contributed by atoms with van der Waals surface area (Å²) in [6, 6.07) is 12.1. The maximum atomic E-state index is 12.6. The van der Waals surface area contributed by atoms with Gasteiger partial charge in [0.15, 0.2) is 0 Å². The van der Waals surface area contributed by atoms with Gasteiger partial charge in [0.1, 0.15) is 0 Å². The van der Waals surface area contributed by atoms with E-state index in [-0.39, 0.29) is 11.8 Å². The van der Waals surface area contributed by atoms with Crippen LogP contribution < -0.4 is 15.5 Å². The van der Waals surface area contributed by atoms with Crippen LogP contribution in [0, 0.1) is 0 Å². The van der Waals surface area contributed by atoms with E-state index in [1.54, 1.807) is 30.3 Å². The summed E-state index contributed by atoms with van der Waals surface area (Å²) in [4.78, 5) is 26.9. The molecule has 0 atom stereocenters. The smallest absolute Gasteiger partial charge is 0.255 e. The summed E-state index contributed by atoms with van der Waals surface area (Å²) >= 11 is 6.04. The van der Waals surface area contributed by atoms with Gasteiger partial charge in [-0.3, -0.25) is 9.59 Å². The predicted molar refractivity (Wildman–Crippen MR) is 107 cm³/mol. The maximum absolute atomic E-state index is 12.6. The van der Waals surface area contributed by atoms with Crippen molar-refractivity contribution in [3.05, 3.63) is 58.6 Å². The predicted octanol–water partition coefficient (Wildman–Crippen LogP) is 4.19. The molecule has 0 unspecified atom stereocenters. The Hall–Kier alpha value is -2.53. The number of halogens is 1. The van der Waals surface area contributed by atoms with Crippen LogP contribution in [0.15, 0.2) is 42.5 Å². The zero-order chi connectivity index (χ0) is 19.1. The van der Waals surface area contributed by atoms with Crippen molar-refractivity contribution < 1.29 is 9.59 Å². The standard InChI is InChI=1S/C20H24ClN3O2/c1-4-12-22-20(26)17-11-8-15(21)13-18(17)23-19(25)14-6-9-16(10-7-14)24(3)5-2/h6-11,13H,4-5,12H2,1-3H3,(H,22,26)(H,23,25). The lowest BCUT2D eigenvalue weighted by molar-refractivity contribution is 0.0954. The molecule has 2 N–H and O–H groups in total. The van der Waals surface area contributed by atoms with Gasteiger partial charge < -0.3 is 15.5 Å². The molecule has 0 spiro atoms. The van der Waals surface area contributed by atoms with Crippen LogP contribution in [-0.4, -0.2) is 32.0 Å². The first kappa shape index (κ1) is 19.8. The zero-order valence-electron chi connectivity index (χ0n) is 15.3. The lowest BCUT2D eigenvalue weighted by Crippen LogP contribution is -2.25. The van der Waals surface area contributed by atoms with Crippen molar-refractivity contribution >= 4 is 34.8 Å². The van der Waals surface area contributed by atoms with E-state index in [2.05, 4.69) is 22.5 Å². The lowest BCUT2D eigenvalue weighted by Gasteiger charge is -2.17. The van der Waals surface area contributed by atoms with Gasteiger partial charge in [0.05, 0.1) is 11.3 Å². The van der Waals surface area contributed by atoms with Crippen molar-refractivity contribution in [2.45, 2.75) is 20.3 Å². The van der Waals surface area contributed by atoms with Crippen molar-refractivity contribution in [2.24, 2.45) is 0 Å². The molecule has 0 aromatic heterocycles. The summed E-state index contributed by atoms with van der Waals surface area (Å²) in [6.45, 7) is 5.49. The molecule has 0 heterocycles. The number of nitrogens with zero attached hydrogens (tertiary/aromatic N) is 1. The minimum absolute atomic E-state index is 0.237. The number of nitrogens with one attached hydrogen (secondary N) is 2. The molecule has 0 aliphatic carbocycles. The van der Waals surface area contributed by atoms with Crippen LogP contribution in [0.4, 0.5) is 11.4 Å². The van der Waals surface area contributed by atoms with Gasteiger partial charge in [0.2, 0.25) is 0 Å². The van der Waals surface area contributed by atoms with E-state index < -0.39 is 0 Å². The lowest BCUT2D eigenvalue weighted by atomic mass is 10.1. The first-order chi connectivity index (χ1) is 12.5. The van der Waals surface area contributed by atoms with Gasteiger partial charge in [0, 0.05) is 36.4 Å². The van der Waals surface area contributed by atoms with Gasteiger partial charge in [-0.2, -0.15) is 0 Å². The van der Waals surface area contributed by atoms with Crippen LogP contribution >= 0.6 is 11.6 Å². The van der Waals surface area contributed by atoms with Crippen LogP contribution in [0.25, 0.3) is 0 Å². The molecule has 5 nitrogen and oxygen atoms in total. The van der Waals surface area contributed by atoms with E-state index in [1.165, 1.54) is 0 Å². The number of carbonyl (C=O) groups is 2. The fraction of sp³-hybridized carbons (Fsp3) is 0.300. The van der Waals surface area contributed by atoms with Crippen molar-refractivity contribution in [1.82, 2.24) is 5.32 Å². The highest BCUT2D eigenvalue weighted by atomic mass is 35.5. The Morgan fingerprint density at radius 2 is 1.73 bits per heavy atom. The van der Waals surface area contributed by atoms with Gasteiger partial charge in [-0.05, 0) is 55.8 Å². The number of carbonyl (C=O) groups excluding carboxylic acids is 2. The van der Waals surface area contributed by atoms with Crippen LogP contribution in [0.1, 0.15) is 41.0 Å². The Bertz CT molecular complexity index is 775. The minimum Gasteiger partial charge on any atom is -0.375 e. The number of amides is 2. The SMILES string of the molecule is CCCNC(=O)c1ccc(Cl)cc1NC(=O)c1ccc(N(C)CC)cc1. The second-order valence-corrected chi connectivity index (χ2v) is 6.40. The largest absolute Gasteiger partial charge is 0.375 e. The third-order valence-electron chi connectivity index (χ3n) is 4.05. The highest BCUT2D eigenvalue weighted by Gasteiger charge is 2.15. The Morgan fingerprint density at radius 1 is 1.04 bits per heavy atom. The van der Waals surface area contributed by atoms with E-state index in [9.17, 15) is 9.59 Å². The van der Waals surface area contributed by atoms with E-state index in [0.29, 0.717) is 28.4 Å². The number of hydrogen-bond acceptors (Lipinski definition) is 3. The first-order valence-electron chi connectivity index (χ1n) is 8.66. The Balaban J connectivity index is 2.20. The van der Waals surface area contributed by atoms with Gasteiger partial charge in [-0.1, -0.05) is 18.5 Å². The van der Waals surface area contributed by atoms with Crippen molar-refractivity contribution in [3.8, 4) is 0 Å². The average molecular weight is 374 g/mol. The van der Waals surface area contributed by atoms with E-state index >= 15 is 0 Å². The normalized spacial score (nSPS) is 10.3. The Morgan fingerprint density at radius 3 is 2.35 bits per heavy atom. The summed E-state index contributed by atoms with van der Waals surface area (Å²) in [5.41, 5.74) is 2.33. The summed E-state index contributed by atoms with van der Waals surface area (Å²) < 4.78 is 0. The number of hydrogen-bond donors (Lipinski definition) is 2. The molecule has 0 bridgehead atoms. The fourth-order valence-corrected chi connectivity index (χ4v) is 2.57. The van der Waals surface area contributed by atoms with E-state index in [1.807, 2.05) is 26.1 Å². The van der Waals surface area contributed by atoms with Gasteiger partial charge in [0.25, 0.3) is 11.8 Å². The third-order valence-corrected chi connectivity index (χ3v) is 4.29. The van der Waals surface area contributed by atoms with Gasteiger partial charge in [-0.15, -0.1) is 0 Å². The first-order valence-corrected chi connectivity index (χ1v) is 9.04. The molecule has 2 aromatic carbocycles. The average Bonchev–Trinajstić information content (AvgIpc) is 2.65. The third kappa shape index (κ3) is 4.99. The fourth-order valence-electron chi connectivity index (χ4n) is 2.40. The quantitative estimate of drug-likeness (QED) is 0.765. The van der Waals surface area contributed by atoms with Crippen LogP contribution in [0.5, 0.6) is 0 Å². The summed E-state index contributed by atoms with van der Waals surface area (Å²) in [7, 11) is 1.99. The molecule has 2 rings (SSSR count). The van der Waals surface area contributed by atoms with Crippen molar-refractivity contribution in [3.63, 3.8) is 0 Å². The highest BCUT2D eigenvalue weighted by Crippen LogP contribution is 2.22. The number of benzene rings is 2. The summed E-state index contributed by atoms with van der Waals surface area (Å²) in [6.07, 6.45) is 0.833. The molecule has 26 heavy (non-hydrogen) atoms. The van der Waals surface area contributed by atoms with Crippen LogP contribution in [-0.2, 0) is 0 Å². The molecule has 0 saturated heterocycles. The molecular weight excluding hydrogens is 350 g/mol. The monoisotopic (exact) mass is 373 g/mol. The van der Waals surface area contributed by atoms with E-state index in [4.69, 9.17) is 11.6 Å². The van der Waals surface area contributed by atoms with Crippen LogP contribution in [0.3, 0.4) is 0 Å². The Labute approximate surface area is 159 Å². The van der Waals surface area contributed by atoms with Gasteiger partial charge >= 0.3 is 0 Å². The van der Waals surface area contributed by atoms with Gasteiger partial charge in [-0.25, -0.2) is 0 Å². The van der Waals surface area contributed by atoms with Crippen molar-refractivity contribution in [2.75, 3.05) is 30.4 Å². The van der Waals surface area contributed by atoms with E-state index in [0.717, 1.165) is 18.7 Å². The molecule has 0 aliphatic heterocycles. The molecular formula is C20H24ClN3O2. The summed E-state index contributed by atoms with van der Waals surface area (Å²) in [5, 5.41) is 6.05. The highest BCUT2D eigenvalue weighted by molar-refractivity contribution is 6.31. The summed E-state index contributed by atoms with van der Waals surface area (Å²) in [5.74, 6) is -0.527. The molecule has 6 heteroatoms. The van der Waals surface area contributed by atoms with Crippen LogP contribution in [0.2, 0.25) is 5.02 Å². The molecule has 0 radical (unpaired) electrons. The number of anilines is 2. The molecule has 0 aliphatic rings. The van der Waals surface area contributed by atoms with Crippen molar-refractivity contribution in [1.29, 1.82) is 0 Å². The Kier molecular flexibility index (Phi) is 7.04. The molecule has 138 valence electrons. The molecule has 2 aromatic rings.